The molecule has 184 valence electrons. The van der Waals surface area contributed by atoms with Gasteiger partial charge in [0.15, 0.2) is 0 Å². The number of aryl methyl sites for hydroxylation is 1. The van der Waals surface area contributed by atoms with E-state index in [1.807, 2.05) is 0 Å². The average Bonchev–Trinajstić information content (AvgIpc) is 2.78. The van der Waals surface area contributed by atoms with Gasteiger partial charge in [-0.25, -0.2) is 8.42 Å². The first-order chi connectivity index (χ1) is 15.9. The summed E-state index contributed by atoms with van der Waals surface area (Å²) >= 11 is 0. The van der Waals surface area contributed by atoms with Crippen molar-refractivity contribution >= 4 is 21.6 Å². The minimum absolute atomic E-state index is 0.0696. The van der Waals surface area contributed by atoms with Crippen LogP contribution < -0.4 is 0 Å². The van der Waals surface area contributed by atoms with E-state index in [4.69, 9.17) is 0 Å². The fraction of sp³-hybridized carbons (Fsp3) is 0.409. The second-order valence-electron chi connectivity index (χ2n) is 8.10. The lowest BCUT2D eigenvalue weighted by Gasteiger charge is -2.27. The van der Waals surface area contributed by atoms with Gasteiger partial charge in [-0.2, -0.15) is 17.5 Å². The van der Waals surface area contributed by atoms with Crippen LogP contribution >= 0.6 is 0 Å². The molecule has 0 aliphatic carbocycles. The van der Waals surface area contributed by atoms with Gasteiger partial charge in [-0.3, -0.25) is 14.9 Å². The highest BCUT2D eigenvalue weighted by molar-refractivity contribution is 7.89. The zero-order valence-electron chi connectivity index (χ0n) is 18.4. The van der Waals surface area contributed by atoms with Crippen molar-refractivity contribution in [2.24, 2.45) is 0 Å². The van der Waals surface area contributed by atoms with E-state index in [1.165, 1.54) is 41.6 Å². The van der Waals surface area contributed by atoms with Crippen LogP contribution in [-0.4, -0.2) is 54.3 Å². The highest BCUT2D eigenvalue weighted by Gasteiger charge is 2.35. The summed E-state index contributed by atoms with van der Waals surface area (Å²) in [6.45, 7) is -0.172. The summed E-state index contributed by atoms with van der Waals surface area (Å²) < 4.78 is 67.3. The molecule has 1 aliphatic heterocycles. The summed E-state index contributed by atoms with van der Waals surface area (Å²) in [5, 5.41) is 11.3. The molecule has 0 N–H and O–H groups in total. The van der Waals surface area contributed by atoms with Crippen LogP contribution in [-0.2, 0) is 16.6 Å². The van der Waals surface area contributed by atoms with Crippen LogP contribution in [0, 0.1) is 17.0 Å². The lowest BCUT2D eigenvalue weighted by atomic mass is 10.1. The van der Waals surface area contributed by atoms with Crippen molar-refractivity contribution in [3.63, 3.8) is 0 Å². The third kappa shape index (κ3) is 5.92. The molecule has 0 aromatic heterocycles. The van der Waals surface area contributed by atoms with Crippen molar-refractivity contribution < 1.29 is 31.3 Å². The molecule has 0 radical (unpaired) electrons. The van der Waals surface area contributed by atoms with Crippen LogP contribution in [0.4, 0.5) is 18.9 Å². The first-order valence-corrected chi connectivity index (χ1v) is 12.0. The van der Waals surface area contributed by atoms with Crippen molar-refractivity contribution in [2.75, 3.05) is 19.6 Å². The van der Waals surface area contributed by atoms with Gasteiger partial charge in [0.2, 0.25) is 10.0 Å². The molecule has 1 saturated heterocycles. The van der Waals surface area contributed by atoms with Crippen LogP contribution in [0.2, 0.25) is 0 Å². The van der Waals surface area contributed by atoms with Crippen molar-refractivity contribution in [1.82, 2.24) is 9.21 Å². The second kappa shape index (κ2) is 10.1. The first kappa shape index (κ1) is 25.6. The van der Waals surface area contributed by atoms with E-state index in [0.29, 0.717) is 30.8 Å². The highest BCUT2D eigenvalue weighted by Crippen LogP contribution is 2.27. The molecular weight excluding hydrogens is 475 g/mol. The highest BCUT2D eigenvalue weighted by atomic mass is 32.2. The van der Waals surface area contributed by atoms with Gasteiger partial charge in [0.05, 0.1) is 16.4 Å². The molecule has 1 fully saturated rings. The number of carbonyl (C=O) groups is 1. The standard InChI is InChI=1S/C22H24F3N3O5S/c1-16-9-10-18(34(32,33)27-11-5-2-6-12-27)13-19(16)21(29)26(15-22(23,24)25)14-17-7-3-4-8-20(17)28(30)31/h3-4,7-10,13H,2,5-6,11-12,14-15H2,1H3. The summed E-state index contributed by atoms with van der Waals surface area (Å²) in [6, 6.07) is 9.01. The molecule has 0 bridgehead atoms. The minimum atomic E-state index is -4.77. The Morgan fingerprint density at radius 1 is 1.12 bits per heavy atom. The van der Waals surface area contributed by atoms with Crippen LogP contribution in [0.5, 0.6) is 0 Å². The lowest BCUT2D eigenvalue weighted by molar-refractivity contribution is -0.385. The molecule has 2 aromatic rings. The van der Waals surface area contributed by atoms with E-state index in [9.17, 15) is 36.5 Å². The number of piperidine rings is 1. The maximum absolute atomic E-state index is 13.3. The zero-order valence-corrected chi connectivity index (χ0v) is 19.2. The largest absolute Gasteiger partial charge is 0.406 e. The van der Waals surface area contributed by atoms with Gasteiger partial charge in [-0.15, -0.1) is 0 Å². The fourth-order valence-electron chi connectivity index (χ4n) is 3.86. The quantitative estimate of drug-likeness (QED) is 0.418. The molecule has 34 heavy (non-hydrogen) atoms. The van der Waals surface area contributed by atoms with Gasteiger partial charge in [-0.05, 0) is 37.5 Å². The number of benzene rings is 2. The number of sulfonamides is 1. The van der Waals surface area contributed by atoms with E-state index < -0.39 is 45.8 Å². The number of hydrogen-bond donors (Lipinski definition) is 0. The average molecular weight is 500 g/mol. The molecule has 1 amide bonds. The van der Waals surface area contributed by atoms with Gasteiger partial charge in [-0.1, -0.05) is 30.7 Å². The zero-order chi connectivity index (χ0) is 25.1. The van der Waals surface area contributed by atoms with Gasteiger partial charge < -0.3 is 4.90 Å². The monoisotopic (exact) mass is 499 g/mol. The van der Waals surface area contributed by atoms with Crippen molar-refractivity contribution in [3.8, 4) is 0 Å². The molecule has 8 nitrogen and oxygen atoms in total. The Morgan fingerprint density at radius 2 is 1.76 bits per heavy atom. The molecule has 3 rings (SSSR count). The number of carbonyl (C=O) groups excluding carboxylic acids is 1. The number of hydrogen-bond acceptors (Lipinski definition) is 5. The maximum atomic E-state index is 13.3. The maximum Gasteiger partial charge on any atom is 0.406 e. The Balaban J connectivity index is 1.99. The summed E-state index contributed by atoms with van der Waals surface area (Å²) in [5.74, 6) is -1.07. The van der Waals surface area contributed by atoms with Crippen LogP contribution in [0.3, 0.4) is 0 Å². The predicted octanol–water partition coefficient (Wildman–Crippen LogP) is 4.28. The van der Waals surface area contributed by atoms with Gasteiger partial charge in [0, 0.05) is 30.3 Å². The van der Waals surface area contributed by atoms with Gasteiger partial charge in [0.1, 0.15) is 6.54 Å². The van der Waals surface area contributed by atoms with E-state index in [2.05, 4.69) is 0 Å². The molecule has 1 aliphatic rings. The Kier molecular flexibility index (Phi) is 7.61. The van der Waals surface area contributed by atoms with E-state index in [1.54, 1.807) is 0 Å². The SMILES string of the molecule is Cc1ccc(S(=O)(=O)N2CCCCC2)cc1C(=O)N(Cc1ccccc1[N+](=O)[O-])CC(F)(F)F. The van der Waals surface area contributed by atoms with E-state index in [0.717, 1.165) is 18.6 Å². The summed E-state index contributed by atoms with van der Waals surface area (Å²) in [4.78, 5) is 24.1. The summed E-state index contributed by atoms with van der Waals surface area (Å²) in [5.41, 5.74) is -0.404. The lowest BCUT2D eigenvalue weighted by Crippen LogP contribution is -2.39. The number of halogens is 3. The van der Waals surface area contributed by atoms with Crippen molar-refractivity contribution in [2.45, 2.75) is 43.8 Å². The molecular formula is C22H24F3N3O5S. The Morgan fingerprint density at radius 3 is 2.38 bits per heavy atom. The Bertz CT molecular complexity index is 1180. The van der Waals surface area contributed by atoms with E-state index in [-0.39, 0.29) is 21.6 Å². The summed E-state index contributed by atoms with van der Waals surface area (Å²) in [7, 11) is -3.92. The number of alkyl halides is 3. The fourth-order valence-corrected chi connectivity index (χ4v) is 5.40. The third-order valence-corrected chi connectivity index (χ3v) is 7.49. The molecule has 0 atom stereocenters. The molecule has 0 spiro atoms. The number of nitro benzene ring substituents is 1. The van der Waals surface area contributed by atoms with Crippen molar-refractivity contribution in [1.29, 1.82) is 0 Å². The number of rotatable bonds is 7. The predicted molar refractivity (Wildman–Crippen MR) is 118 cm³/mol. The number of amides is 1. The first-order valence-electron chi connectivity index (χ1n) is 10.6. The number of para-hydroxylation sites is 1. The molecule has 0 unspecified atom stereocenters. The Labute approximate surface area is 195 Å². The molecule has 0 saturated carbocycles. The number of nitro groups is 1. The van der Waals surface area contributed by atoms with Crippen LogP contribution in [0.15, 0.2) is 47.4 Å². The van der Waals surface area contributed by atoms with Crippen LogP contribution in [0.25, 0.3) is 0 Å². The van der Waals surface area contributed by atoms with Gasteiger partial charge >= 0.3 is 6.18 Å². The Hall–Kier alpha value is -2.99. The smallest absolute Gasteiger partial charge is 0.325 e. The minimum Gasteiger partial charge on any atom is -0.325 e. The van der Waals surface area contributed by atoms with Gasteiger partial charge in [0.25, 0.3) is 11.6 Å². The topological polar surface area (TPSA) is 101 Å². The third-order valence-electron chi connectivity index (χ3n) is 5.60. The molecule has 12 heteroatoms. The van der Waals surface area contributed by atoms with Crippen molar-refractivity contribution in [3.05, 3.63) is 69.3 Å². The molecule has 1 heterocycles. The van der Waals surface area contributed by atoms with E-state index >= 15 is 0 Å². The van der Waals surface area contributed by atoms with Crippen LogP contribution in [0.1, 0.15) is 40.7 Å². The molecule has 2 aromatic carbocycles. The number of nitrogens with zero attached hydrogens (tertiary/aromatic N) is 3. The summed E-state index contributed by atoms with van der Waals surface area (Å²) in [6.07, 6.45) is -2.47. The normalized spacial score (nSPS) is 15.2. The second-order valence-corrected chi connectivity index (χ2v) is 10.0.